The van der Waals surface area contributed by atoms with Crippen molar-refractivity contribution in [3.8, 4) is 11.5 Å². The van der Waals surface area contributed by atoms with Crippen LogP contribution >= 0.6 is 0 Å². The fraction of sp³-hybridized carbons (Fsp3) is 0.381. The third-order valence-corrected chi connectivity index (χ3v) is 8.44. The van der Waals surface area contributed by atoms with E-state index < -0.39 is 20.6 Å². The second kappa shape index (κ2) is 7.23. The van der Waals surface area contributed by atoms with Crippen LogP contribution in [0.5, 0.6) is 0 Å². The second-order valence-electron chi connectivity index (χ2n) is 7.81. The van der Waals surface area contributed by atoms with Gasteiger partial charge in [-0.15, -0.1) is 0 Å². The summed E-state index contributed by atoms with van der Waals surface area (Å²) in [5.74, 6) is 0.947. The Morgan fingerprint density at radius 1 is 1.10 bits per heavy atom. The van der Waals surface area contributed by atoms with E-state index in [9.17, 15) is 12.6 Å². The van der Waals surface area contributed by atoms with E-state index in [0.717, 1.165) is 34.2 Å². The Kier molecular flexibility index (Phi) is 5.05. The number of aryl methyl sites for hydroxylation is 3. The molecule has 0 N–H and O–H groups in total. The van der Waals surface area contributed by atoms with Crippen LogP contribution in [0.4, 0.5) is 0 Å². The van der Waals surface area contributed by atoms with Crippen LogP contribution in [-0.4, -0.2) is 48.8 Å². The first-order valence-electron chi connectivity index (χ1n) is 9.87. The summed E-state index contributed by atoms with van der Waals surface area (Å²) in [5.41, 5.74) is 6.66. The predicted molar refractivity (Wildman–Crippen MR) is 122 cm³/mol. The minimum absolute atomic E-state index is 0.106. The average Bonchev–Trinajstić information content (AvgIpc) is 3.27. The summed E-state index contributed by atoms with van der Waals surface area (Å²) in [5, 5.41) is 4.84. The zero-order chi connectivity index (χ0) is 22.8. The highest BCUT2D eigenvalue weighted by molar-refractivity contribution is 7.90. The van der Waals surface area contributed by atoms with Crippen molar-refractivity contribution in [3.05, 3.63) is 34.6 Å². The normalized spacial score (nSPS) is 13.4. The number of hydrogen-bond acceptors (Lipinski definition) is 6. The summed E-state index contributed by atoms with van der Waals surface area (Å²) in [6, 6.07) is 1.51. The van der Waals surface area contributed by atoms with Crippen molar-refractivity contribution in [3.63, 3.8) is 0 Å². The number of nitrogens with zero attached hydrogens (tertiary/aromatic N) is 5. The van der Waals surface area contributed by atoms with Crippen molar-refractivity contribution in [1.29, 1.82) is 0 Å². The largest absolute Gasteiger partial charge is 0.310 e. The lowest BCUT2D eigenvalue weighted by Crippen LogP contribution is -2.03. The molecule has 164 valence electrons. The summed E-state index contributed by atoms with van der Waals surface area (Å²) in [4.78, 5) is 9.73. The van der Waals surface area contributed by atoms with E-state index in [1.165, 1.54) is 12.3 Å². The molecule has 4 aromatic rings. The van der Waals surface area contributed by atoms with Crippen molar-refractivity contribution in [2.24, 2.45) is 7.05 Å². The summed E-state index contributed by atoms with van der Waals surface area (Å²) < 4.78 is 40.7. The molecule has 0 amide bonds. The average molecular weight is 460 g/mol. The molecule has 0 aliphatic rings. The van der Waals surface area contributed by atoms with E-state index in [0.29, 0.717) is 33.3 Å². The smallest absolute Gasteiger partial charge is 0.177 e. The van der Waals surface area contributed by atoms with Crippen LogP contribution in [-0.2, 0) is 27.7 Å². The fourth-order valence-corrected chi connectivity index (χ4v) is 5.50. The number of sulfone groups is 1. The van der Waals surface area contributed by atoms with Crippen LogP contribution in [0.25, 0.3) is 28.2 Å². The number of aromatic nitrogens is 5. The van der Waals surface area contributed by atoms with E-state index in [1.54, 1.807) is 11.6 Å². The fourth-order valence-electron chi connectivity index (χ4n) is 3.84. The molecule has 8 nitrogen and oxygen atoms in total. The molecule has 4 aromatic heterocycles. The van der Waals surface area contributed by atoms with Crippen LogP contribution in [0.2, 0.25) is 0 Å². The van der Waals surface area contributed by atoms with E-state index >= 15 is 0 Å². The lowest BCUT2D eigenvalue weighted by atomic mass is 10.0. The van der Waals surface area contributed by atoms with Gasteiger partial charge in [-0.1, -0.05) is 6.92 Å². The molecule has 0 fully saturated rings. The zero-order valence-electron chi connectivity index (χ0n) is 18.6. The van der Waals surface area contributed by atoms with Gasteiger partial charge >= 0.3 is 0 Å². The van der Waals surface area contributed by atoms with Crippen molar-refractivity contribution >= 4 is 37.3 Å². The second-order valence-corrected chi connectivity index (χ2v) is 11.5. The molecule has 0 spiro atoms. The maximum atomic E-state index is 13.2. The molecule has 0 radical (unpaired) electrons. The van der Waals surface area contributed by atoms with Crippen molar-refractivity contribution in [2.45, 2.75) is 44.4 Å². The van der Waals surface area contributed by atoms with Crippen LogP contribution in [0.15, 0.2) is 22.1 Å². The molecule has 10 heteroatoms. The molecule has 4 rings (SSSR count). The molecule has 1 atom stereocenters. The van der Waals surface area contributed by atoms with Gasteiger partial charge in [0.2, 0.25) is 0 Å². The zero-order valence-corrected chi connectivity index (χ0v) is 20.3. The minimum Gasteiger partial charge on any atom is -0.310 e. The highest BCUT2D eigenvalue weighted by atomic mass is 32.2. The van der Waals surface area contributed by atoms with Crippen LogP contribution in [0.1, 0.15) is 29.3 Å². The third kappa shape index (κ3) is 3.20. The molecule has 4 heterocycles. The highest BCUT2D eigenvalue weighted by Gasteiger charge is 2.27. The molecule has 1 unspecified atom stereocenters. The van der Waals surface area contributed by atoms with Gasteiger partial charge < -0.3 is 4.57 Å². The van der Waals surface area contributed by atoms with Gasteiger partial charge in [-0.3, -0.25) is 4.21 Å². The Labute approximate surface area is 183 Å². The van der Waals surface area contributed by atoms with Crippen LogP contribution < -0.4 is 0 Å². The quantitative estimate of drug-likeness (QED) is 0.465. The van der Waals surface area contributed by atoms with Gasteiger partial charge in [-0.05, 0) is 50.5 Å². The summed E-state index contributed by atoms with van der Waals surface area (Å²) in [6.07, 6.45) is 2.47. The molecule has 0 aromatic carbocycles. The Balaban J connectivity index is 2.12. The Bertz CT molecular complexity index is 1510. The molecule has 0 saturated carbocycles. The van der Waals surface area contributed by atoms with Gasteiger partial charge in [0.05, 0.1) is 26.1 Å². The van der Waals surface area contributed by atoms with Crippen LogP contribution in [0.3, 0.4) is 0 Å². The molecule has 0 aliphatic carbocycles. The van der Waals surface area contributed by atoms with Crippen molar-refractivity contribution < 1.29 is 12.6 Å². The Morgan fingerprint density at radius 3 is 2.39 bits per heavy atom. The molecule has 0 saturated heterocycles. The highest BCUT2D eigenvalue weighted by Crippen LogP contribution is 2.34. The SMILES string of the molecule is CCS(=O)c1c(-c2nc3cc(S(C)(=O)=O)cnc3n2C)nn2c(C)c(C)c(C)c(C)c12. The van der Waals surface area contributed by atoms with Gasteiger partial charge in [-0.25, -0.2) is 22.9 Å². The predicted octanol–water partition coefficient (Wildman–Crippen LogP) is 3.05. The van der Waals surface area contributed by atoms with Crippen LogP contribution in [0, 0.1) is 27.7 Å². The summed E-state index contributed by atoms with van der Waals surface area (Å²) in [7, 11) is -2.89. The summed E-state index contributed by atoms with van der Waals surface area (Å²) >= 11 is 0. The van der Waals surface area contributed by atoms with Crippen molar-refractivity contribution in [2.75, 3.05) is 12.0 Å². The van der Waals surface area contributed by atoms with Gasteiger partial charge in [0.15, 0.2) is 21.3 Å². The monoisotopic (exact) mass is 459 g/mol. The number of rotatable bonds is 4. The third-order valence-electron chi connectivity index (χ3n) is 6.00. The molecular weight excluding hydrogens is 434 g/mol. The Hall–Kier alpha value is -2.59. The van der Waals surface area contributed by atoms with E-state index in [1.807, 2.05) is 25.3 Å². The lowest BCUT2D eigenvalue weighted by molar-refractivity contribution is 0.601. The number of imidazole rings is 1. The first kappa shape index (κ1) is 21.6. The van der Waals surface area contributed by atoms with E-state index in [2.05, 4.69) is 23.8 Å². The minimum atomic E-state index is -3.41. The number of hydrogen-bond donors (Lipinski definition) is 0. The summed E-state index contributed by atoms with van der Waals surface area (Å²) in [6.45, 7) is 10.0. The van der Waals surface area contributed by atoms with Gasteiger partial charge in [0.1, 0.15) is 11.2 Å². The standard InChI is InChI=1S/C21H25N5O3S2/c1-8-30(27)19-17(24-26-14(5)12(3)11(2)13(4)18(19)26)21-23-16-9-15(31(7,28)29)10-22-20(16)25(21)6/h9-10H,8H2,1-7H3. The molecule has 31 heavy (non-hydrogen) atoms. The van der Waals surface area contributed by atoms with Gasteiger partial charge in [-0.2, -0.15) is 5.10 Å². The molecular formula is C21H25N5O3S2. The Morgan fingerprint density at radius 2 is 1.77 bits per heavy atom. The first-order chi connectivity index (χ1) is 14.5. The molecule has 0 aliphatic heterocycles. The van der Waals surface area contributed by atoms with Gasteiger partial charge in [0, 0.05) is 30.9 Å². The van der Waals surface area contributed by atoms with Crippen molar-refractivity contribution in [1.82, 2.24) is 24.1 Å². The maximum absolute atomic E-state index is 13.2. The van der Waals surface area contributed by atoms with Gasteiger partial charge in [0.25, 0.3) is 0 Å². The first-order valence-corrected chi connectivity index (χ1v) is 13.1. The molecule has 0 bridgehead atoms. The van der Waals surface area contributed by atoms with E-state index in [4.69, 9.17) is 5.10 Å². The lowest BCUT2D eigenvalue weighted by Gasteiger charge is -2.12. The topological polar surface area (TPSA) is 99.2 Å². The number of pyridine rings is 2. The van der Waals surface area contributed by atoms with E-state index in [-0.39, 0.29) is 4.90 Å². The number of fused-ring (bicyclic) bond motifs is 2. The maximum Gasteiger partial charge on any atom is 0.177 e.